The number of nitrogens with one attached hydrogen (secondary N) is 2. The highest BCUT2D eigenvalue weighted by atomic mass is 35.5. The lowest BCUT2D eigenvalue weighted by molar-refractivity contribution is 0.0951. The molecule has 0 fully saturated rings. The summed E-state index contributed by atoms with van der Waals surface area (Å²) in [5, 5.41) is 16.2. The minimum absolute atomic E-state index is 0.0789. The fourth-order valence-electron chi connectivity index (χ4n) is 2.41. The Hall–Kier alpha value is -2.37. The van der Waals surface area contributed by atoms with Gasteiger partial charge in [0.25, 0.3) is 5.91 Å². The number of hydrogen-bond acceptors (Lipinski definition) is 5. The van der Waals surface area contributed by atoms with E-state index in [9.17, 15) is 10.1 Å². The maximum Gasteiger partial charge on any atom is 0.293 e. The van der Waals surface area contributed by atoms with E-state index < -0.39 is 5.91 Å². The van der Waals surface area contributed by atoms with Crippen LogP contribution in [0.5, 0.6) is 0 Å². The van der Waals surface area contributed by atoms with Crippen molar-refractivity contribution in [3.8, 4) is 17.4 Å². The van der Waals surface area contributed by atoms with Gasteiger partial charge in [0.15, 0.2) is 10.9 Å². The number of anilines is 1. The van der Waals surface area contributed by atoms with Crippen LogP contribution >= 0.6 is 46.8 Å². The molecule has 142 valence electrons. The molecular weight excluding hydrogens is 437 g/mol. The zero-order valence-corrected chi connectivity index (χ0v) is 17.9. The van der Waals surface area contributed by atoms with E-state index in [1.807, 2.05) is 13.8 Å². The Balaban J connectivity index is 1.71. The van der Waals surface area contributed by atoms with Crippen LogP contribution in [0.4, 0.5) is 5.00 Å². The van der Waals surface area contributed by atoms with Gasteiger partial charge in [-0.1, -0.05) is 23.2 Å². The summed E-state index contributed by atoms with van der Waals surface area (Å²) >= 11 is 18.5. The minimum Gasteiger partial charge on any atom is -0.451 e. The van der Waals surface area contributed by atoms with Gasteiger partial charge in [0.05, 0.1) is 15.6 Å². The summed E-state index contributed by atoms with van der Waals surface area (Å²) in [6.45, 7) is 3.78. The van der Waals surface area contributed by atoms with E-state index in [-0.39, 0.29) is 10.9 Å². The molecule has 0 saturated carbocycles. The predicted octanol–water partition coefficient (Wildman–Crippen LogP) is 5.93. The maximum atomic E-state index is 12.4. The summed E-state index contributed by atoms with van der Waals surface area (Å²) in [6, 6.07) is 10.4. The second-order valence-corrected chi connectivity index (χ2v) is 8.25. The summed E-state index contributed by atoms with van der Waals surface area (Å²) < 4.78 is 5.59. The highest BCUT2D eigenvalue weighted by Crippen LogP contribution is 2.32. The lowest BCUT2D eigenvalue weighted by Gasteiger charge is -2.07. The Bertz CT molecular complexity index is 1130. The normalized spacial score (nSPS) is 10.4. The van der Waals surface area contributed by atoms with Crippen LogP contribution in [0.3, 0.4) is 0 Å². The van der Waals surface area contributed by atoms with Crippen molar-refractivity contribution in [3.05, 3.63) is 62.1 Å². The van der Waals surface area contributed by atoms with Crippen molar-refractivity contribution in [1.29, 1.82) is 5.26 Å². The number of aryl methyl sites for hydroxylation is 1. The van der Waals surface area contributed by atoms with Crippen molar-refractivity contribution in [2.24, 2.45) is 0 Å². The first-order chi connectivity index (χ1) is 13.3. The summed E-state index contributed by atoms with van der Waals surface area (Å²) in [4.78, 5) is 13.4. The maximum absolute atomic E-state index is 12.4. The number of nitrogens with zero attached hydrogens (tertiary/aromatic N) is 1. The molecule has 0 aliphatic heterocycles. The Labute approximate surface area is 180 Å². The number of benzene rings is 1. The minimum atomic E-state index is -0.507. The van der Waals surface area contributed by atoms with E-state index in [1.165, 1.54) is 17.4 Å². The molecule has 28 heavy (non-hydrogen) atoms. The van der Waals surface area contributed by atoms with Gasteiger partial charge in [-0.2, -0.15) is 5.26 Å². The van der Waals surface area contributed by atoms with Crippen molar-refractivity contribution in [2.75, 3.05) is 5.32 Å². The Morgan fingerprint density at radius 1 is 1.21 bits per heavy atom. The van der Waals surface area contributed by atoms with Gasteiger partial charge in [-0.25, -0.2) is 0 Å². The van der Waals surface area contributed by atoms with Crippen molar-refractivity contribution in [3.63, 3.8) is 0 Å². The van der Waals surface area contributed by atoms with Gasteiger partial charge in [-0.15, -0.1) is 11.3 Å². The van der Waals surface area contributed by atoms with Gasteiger partial charge in [-0.3, -0.25) is 10.1 Å². The van der Waals surface area contributed by atoms with Gasteiger partial charge in [-0.05, 0) is 62.0 Å². The molecule has 0 spiro atoms. The van der Waals surface area contributed by atoms with E-state index in [0.717, 1.165) is 10.4 Å². The largest absolute Gasteiger partial charge is 0.451 e. The van der Waals surface area contributed by atoms with Gasteiger partial charge >= 0.3 is 0 Å². The zero-order valence-electron chi connectivity index (χ0n) is 14.7. The summed E-state index contributed by atoms with van der Waals surface area (Å²) in [5.41, 5.74) is 2.10. The number of halogens is 2. The lowest BCUT2D eigenvalue weighted by Crippen LogP contribution is -2.33. The van der Waals surface area contributed by atoms with Crippen LogP contribution in [0, 0.1) is 25.2 Å². The second-order valence-electron chi connectivity index (χ2n) is 5.80. The van der Waals surface area contributed by atoms with Gasteiger partial charge in [0, 0.05) is 10.4 Å². The number of hydrogen-bond donors (Lipinski definition) is 2. The number of furan rings is 1. The average Bonchev–Trinajstić information content (AvgIpc) is 3.23. The number of carbonyl (C=O) groups is 1. The first-order valence-electron chi connectivity index (χ1n) is 7.98. The molecule has 0 aliphatic carbocycles. The number of amides is 1. The highest BCUT2D eigenvalue weighted by Gasteiger charge is 2.17. The van der Waals surface area contributed by atoms with Crippen LogP contribution in [-0.2, 0) is 0 Å². The number of nitriles is 1. The van der Waals surface area contributed by atoms with Crippen LogP contribution in [0.25, 0.3) is 11.3 Å². The first kappa shape index (κ1) is 20.4. The third-order valence-electron chi connectivity index (χ3n) is 3.99. The molecule has 9 heteroatoms. The monoisotopic (exact) mass is 449 g/mol. The molecule has 0 radical (unpaired) electrons. The van der Waals surface area contributed by atoms with E-state index in [4.69, 9.17) is 39.8 Å². The molecule has 0 atom stereocenters. The molecule has 5 nitrogen and oxygen atoms in total. The van der Waals surface area contributed by atoms with Crippen molar-refractivity contribution >= 4 is 62.8 Å². The SMILES string of the molecule is Cc1sc(NC(=S)NC(=O)c2ccc(-c3ccc(Cl)c(Cl)c3)o2)c(C#N)c1C. The van der Waals surface area contributed by atoms with E-state index in [1.54, 1.807) is 24.3 Å². The molecule has 3 rings (SSSR count). The molecule has 1 aromatic carbocycles. The standard InChI is InChI=1S/C19H13Cl2N3O2S2/c1-9-10(2)28-18(12(9)8-22)24-19(27)23-17(25)16-6-5-15(26-16)11-3-4-13(20)14(21)7-11/h3-7H,1-2H3,(H2,23,24,25,27). The molecule has 1 amide bonds. The van der Waals surface area contributed by atoms with Gasteiger partial charge in [0.1, 0.15) is 16.8 Å². The topological polar surface area (TPSA) is 78.1 Å². The molecule has 0 bridgehead atoms. The Morgan fingerprint density at radius 3 is 2.64 bits per heavy atom. The van der Waals surface area contributed by atoms with Crippen LogP contribution in [0.1, 0.15) is 26.6 Å². The Morgan fingerprint density at radius 2 is 1.96 bits per heavy atom. The summed E-state index contributed by atoms with van der Waals surface area (Å²) in [7, 11) is 0. The molecule has 2 heterocycles. The van der Waals surface area contributed by atoms with Crippen molar-refractivity contribution < 1.29 is 9.21 Å². The number of rotatable bonds is 3. The zero-order chi connectivity index (χ0) is 20.4. The second kappa shape index (κ2) is 8.33. The molecule has 2 aromatic heterocycles. The lowest BCUT2D eigenvalue weighted by atomic mass is 10.2. The third kappa shape index (κ3) is 4.21. The fraction of sp³-hybridized carbons (Fsp3) is 0.105. The van der Waals surface area contributed by atoms with Crippen LogP contribution in [-0.4, -0.2) is 11.0 Å². The van der Waals surface area contributed by atoms with Gasteiger partial charge in [0.2, 0.25) is 0 Å². The molecule has 0 saturated heterocycles. The van der Waals surface area contributed by atoms with E-state index in [0.29, 0.717) is 31.9 Å². The number of thiophene rings is 1. The fourth-order valence-corrected chi connectivity index (χ4v) is 3.99. The van der Waals surface area contributed by atoms with Crippen molar-refractivity contribution in [1.82, 2.24) is 5.32 Å². The molecule has 3 aromatic rings. The van der Waals surface area contributed by atoms with Crippen LogP contribution < -0.4 is 10.6 Å². The highest BCUT2D eigenvalue weighted by molar-refractivity contribution is 7.80. The quantitative estimate of drug-likeness (QED) is 0.484. The smallest absolute Gasteiger partial charge is 0.293 e. The third-order valence-corrected chi connectivity index (χ3v) is 6.05. The van der Waals surface area contributed by atoms with E-state index in [2.05, 4.69) is 16.7 Å². The molecular formula is C19H13Cl2N3O2S2. The number of carbonyl (C=O) groups excluding carboxylic acids is 1. The predicted molar refractivity (Wildman–Crippen MR) is 116 cm³/mol. The summed E-state index contributed by atoms with van der Waals surface area (Å²) in [6.07, 6.45) is 0. The summed E-state index contributed by atoms with van der Waals surface area (Å²) in [5.74, 6) is 0.0513. The Kier molecular flexibility index (Phi) is 6.06. The van der Waals surface area contributed by atoms with Crippen LogP contribution in [0.15, 0.2) is 34.7 Å². The number of thiocarbonyl (C=S) groups is 1. The van der Waals surface area contributed by atoms with E-state index >= 15 is 0 Å². The van der Waals surface area contributed by atoms with Crippen LogP contribution in [0.2, 0.25) is 10.0 Å². The molecule has 0 unspecified atom stereocenters. The van der Waals surface area contributed by atoms with Crippen molar-refractivity contribution in [2.45, 2.75) is 13.8 Å². The molecule has 2 N–H and O–H groups in total. The van der Waals surface area contributed by atoms with Gasteiger partial charge < -0.3 is 9.73 Å². The molecule has 0 aliphatic rings. The first-order valence-corrected chi connectivity index (χ1v) is 9.96. The average molecular weight is 450 g/mol.